The van der Waals surface area contributed by atoms with Gasteiger partial charge in [-0.3, -0.25) is 0 Å². The fraction of sp³-hybridized carbons (Fsp3) is 0.205. The molecule has 0 aliphatic heterocycles. The van der Waals surface area contributed by atoms with Gasteiger partial charge in [-0.1, -0.05) is 42.5 Å². The first-order valence-corrected chi connectivity index (χ1v) is 19.7. The summed E-state index contributed by atoms with van der Waals surface area (Å²) in [7, 11) is -5.98. The molecule has 0 fully saturated rings. The van der Waals surface area contributed by atoms with Crippen molar-refractivity contribution in [3.05, 3.63) is 146 Å². The van der Waals surface area contributed by atoms with Crippen molar-refractivity contribution < 1.29 is 22.7 Å². The van der Waals surface area contributed by atoms with E-state index in [1.54, 1.807) is 24.3 Å². The molecule has 0 radical (unpaired) electrons. The van der Waals surface area contributed by atoms with Gasteiger partial charge in [0.25, 0.3) is 0 Å². The Labute approximate surface area is 279 Å². The summed E-state index contributed by atoms with van der Waals surface area (Å²) in [4.78, 5) is 12.3. The molecule has 0 heterocycles. The van der Waals surface area contributed by atoms with Gasteiger partial charge in [-0.05, 0) is 23.3 Å². The van der Waals surface area contributed by atoms with Gasteiger partial charge in [0.2, 0.25) is 10.0 Å². The van der Waals surface area contributed by atoms with Crippen molar-refractivity contribution in [2.45, 2.75) is 30.6 Å². The molecular weight excluding hydrogens is 625 g/mol. The zero-order valence-corrected chi connectivity index (χ0v) is 28.3. The first kappa shape index (κ1) is 34.2. The van der Waals surface area contributed by atoms with E-state index in [9.17, 15) is 13.2 Å². The van der Waals surface area contributed by atoms with Gasteiger partial charge >= 0.3 is 191 Å². The molecule has 0 amide bonds. The maximum atomic E-state index is 12.7. The first-order valence-electron chi connectivity index (χ1n) is 16.0. The zero-order valence-electron chi connectivity index (χ0n) is 26.5. The summed E-state index contributed by atoms with van der Waals surface area (Å²) >= 11 is 0. The zero-order chi connectivity index (χ0) is 32.8. The number of hydrogen-bond donors (Lipinski definition) is 1. The Morgan fingerprint density at radius 3 is 1.62 bits per heavy atom. The number of nitrogens with one attached hydrogen (secondary N) is 1. The number of unbranched alkanes of at least 4 members (excludes halogenated alkanes) is 2. The molecule has 0 aliphatic carbocycles. The van der Waals surface area contributed by atoms with E-state index in [1.807, 2.05) is 30.3 Å². The van der Waals surface area contributed by atoms with E-state index in [0.29, 0.717) is 6.61 Å². The van der Waals surface area contributed by atoms with Gasteiger partial charge in [0.15, 0.2) is 0 Å². The first-order chi connectivity index (χ1) is 23.0. The Morgan fingerprint density at radius 1 is 0.596 bits per heavy atom. The third-order valence-electron chi connectivity index (χ3n) is 8.34. The number of carbonyl (C=O) groups is 1. The Balaban J connectivity index is 1.03. The van der Waals surface area contributed by atoms with Gasteiger partial charge in [0, 0.05) is 0 Å². The van der Waals surface area contributed by atoms with Gasteiger partial charge < -0.3 is 0 Å². The van der Waals surface area contributed by atoms with Crippen LogP contribution in [0.15, 0.2) is 150 Å². The van der Waals surface area contributed by atoms with E-state index in [1.165, 1.54) is 15.9 Å². The summed E-state index contributed by atoms with van der Waals surface area (Å²) in [5, 5.41) is 4.22. The Morgan fingerprint density at radius 2 is 1.09 bits per heavy atom. The van der Waals surface area contributed by atoms with Crippen LogP contribution in [0.25, 0.3) is 11.1 Å². The van der Waals surface area contributed by atoms with Gasteiger partial charge in [0.1, 0.15) is 0 Å². The Kier molecular flexibility index (Phi) is 12.5. The molecule has 0 spiro atoms. The molecular formula is C39H42NO5PS. The molecule has 6 nitrogen and oxygen atoms in total. The summed E-state index contributed by atoms with van der Waals surface area (Å²) in [6.07, 6.45) is 3.87. The minimum atomic E-state index is -3.74. The van der Waals surface area contributed by atoms with Crippen LogP contribution in [0.3, 0.4) is 0 Å². The molecule has 0 unspecified atom stereocenters. The molecule has 0 atom stereocenters. The molecule has 1 N–H and O–H groups in total. The third kappa shape index (κ3) is 9.24. The monoisotopic (exact) mass is 667 g/mol. The second kappa shape index (κ2) is 17.1. The molecule has 0 aliphatic rings. The second-order valence-corrected chi connectivity index (χ2v) is 17.2. The van der Waals surface area contributed by atoms with Crippen molar-refractivity contribution in [3.8, 4) is 11.1 Å². The summed E-state index contributed by atoms with van der Waals surface area (Å²) in [6.45, 7) is 0.274. The van der Waals surface area contributed by atoms with Crippen LogP contribution in [0.5, 0.6) is 0 Å². The standard InChI is InChI=1S/C39H42NO5PS/c41-39(28-29-40-47(42,43)38-26-24-34(25-27-38)33-16-6-1-7-17-33)45-32-44-30-14-5-15-31-46(35-18-8-2-9-19-35,36-20-10-3-11-21-36)37-22-12-4-13-23-37/h1-4,6-13,16-27,40,46H,5,14-15,28-32H2. The molecule has 244 valence electrons. The van der Waals surface area contributed by atoms with Crippen LogP contribution in [-0.2, 0) is 24.3 Å². The Bertz CT molecular complexity index is 1670. The van der Waals surface area contributed by atoms with Crippen LogP contribution in [-0.4, -0.2) is 40.5 Å². The van der Waals surface area contributed by atoms with E-state index in [-0.39, 0.29) is 24.7 Å². The van der Waals surface area contributed by atoms with Crippen LogP contribution in [0.2, 0.25) is 0 Å². The number of sulfonamides is 1. The SMILES string of the molecule is O=C(CCNS(=O)(=O)c1ccc(-c2ccccc2)cc1)OCOCCCCC[PH](c1ccccc1)(c1ccccc1)c1ccccc1. The number of ether oxygens (including phenoxy) is 2. The molecule has 5 aromatic rings. The van der Waals surface area contributed by atoms with Crippen LogP contribution in [0, 0.1) is 0 Å². The van der Waals surface area contributed by atoms with Gasteiger partial charge in [-0.25, -0.2) is 8.42 Å². The fourth-order valence-electron chi connectivity index (χ4n) is 5.94. The molecule has 0 saturated carbocycles. The topological polar surface area (TPSA) is 81.7 Å². The van der Waals surface area contributed by atoms with Gasteiger partial charge in [-0.15, -0.1) is 0 Å². The quantitative estimate of drug-likeness (QED) is 0.0535. The Hall–Kier alpha value is -4.13. The normalized spacial score (nSPS) is 12.0. The molecule has 8 heteroatoms. The van der Waals surface area contributed by atoms with E-state index < -0.39 is 23.3 Å². The van der Waals surface area contributed by atoms with Crippen molar-refractivity contribution in [1.82, 2.24) is 4.72 Å². The summed E-state index contributed by atoms with van der Waals surface area (Å²) in [5.74, 6) is -0.517. The minimum absolute atomic E-state index is 0.0581. The molecule has 0 bridgehead atoms. The molecule has 0 saturated heterocycles. The summed E-state index contributed by atoms with van der Waals surface area (Å²) in [5.41, 5.74) is 1.93. The number of benzene rings is 5. The van der Waals surface area contributed by atoms with Crippen molar-refractivity contribution in [2.75, 3.05) is 26.1 Å². The third-order valence-corrected chi connectivity index (χ3v) is 14.9. The van der Waals surface area contributed by atoms with E-state index in [4.69, 9.17) is 9.47 Å². The number of esters is 1. The van der Waals surface area contributed by atoms with Crippen LogP contribution < -0.4 is 20.6 Å². The second-order valence-electron chi connectivity index (χ2n) is 11.4. The van der Waals surface area contributed by atoms with Gasteiger partial charge in [0.05, 0.1) is 4.90 Å². The van der Waals surface area contributed by atoms with Crippen molar-refractivity contribution >= 4 is 39.2 Å². The average Bonchev–Trinajstić information content (AvgIpc) is 3.12. The average molecular weight is 668 g/mol. The number of rotatable bonds is 17. The molecule has 5 rings (SSSR count). The van der Waals surface area contributed by atoms with Crippen LogP contribution in [0.4, 0.5) is 0 Å². The fourth-order valence-corrected chi connectivity index (χ4v) is 11.9. The molecule has 5 aromatic carbocycles. The van der Waals surface area contributed by atoms with E-state index in [2.05, 4.69) is 95.7 Å². The molecule has 0 aromatic heterocycles. The number of hydrogen-bond acceptors (Lipinski definition) is 5. The van der Waals surface area contributed by atoms with Crippen LogP contribution >= 0.6 is 7.26 Å². The van der Waals surface area contributed by atoms with Crippen molar-refractivity contribution in [2.24, 2.45) is 0 Å². The van der Waals surface area contributed by atoms with Crippen molar-refractivity contribution in [3.63, 3.8) is 0 Å². The number of carbonyl (C=O) groups excluding carboxylic acids is 1. The summed E-state index contributed by atoms with van der Waals surface area (Å²) in [6, 6.07) is 49.1. The maximum absolute atomic E-state index is 12.7. The summed E-state index contributed by atoms with van der Waals surface area (Å²) < 4.78 is 38.6. The van der Waals surface area contributed by atoms with E-state index >= 15 is 0 Å². The predicted molar refractivity (Wildman–Crippen MR) is 194 cm³/mol. The predicted octanol–water partition coefficient (Wildman–Crippen LogP) is 6.44. The van der Waals surface area contributed by atoms with Gasteiger partial charge in [-0.2, -0.15) is 0 Å². The van der Waals surface area contributed by atoms with E-state index in [0.717, 1.165) is 36.6 Å². The van der Waals surface area contributed by atoms with Crippen molar-refractivity contribution in [1.29, 1.82) is 0 Å². The molecule has 47 heavy (non-hydrogen) atoms. The van der Waals surface area contributed by atoms with Crippen LogP contribution in [0.1, 0.15) is 25.7 Å².